The molecule has 0 unspecified atom stereocenters. The Morgan fingerprint density at radius 3 is 1.97 bits per heavy atom. The topological polar surface area (TPSA) is 83.6 Å². The number of amides is 2. The Labute approximate surface area is 213 Å². The van der Waals surface area contributed by atoms with Gasteiger partial charge in [0.2, 0.25) is 11.8 Å². The van der Waals surface area contributed by atoms with Gasteiger partial charge in [-0.25, -0.2) is 8.42 Å². The summed E-state index contributed by atoms with van der Waals surface area (Å²) in [4.78, 5) is 28.1. The maximum Gasteiger partial charge on any atom is 0.225 e. The van der Waals surface area contributed by atoms with E-state index in [4.69, 9.17) is 0 Å². The van der Waals surface area contributed by atoms with E-state index in [0.29, 0.717) is 48.8 Å². The third-order valence-electron chi connectivity index (χ3n) is 9.43. The van der Waals surface area contributed by atoms with Crippen LogP contribution in [0.2, 0.25) is 0 Å². The normalized spacial score (nSPS) is 34.2. The summed E-state index contributed by atoms with van der Waals surface area (Å²) >= 11 is 0. The van der Waals surface area contributed by atoms with Crippen molar-refractivity contribution in [2.75, 3.05) is 12.3 Å². The molecule has 200 valence electrons. The Hall–Kier alpha value is -1.11. The largest absolute Gasteiger partial charge is 0.353 e. The van der Waals surface area contributed by atoms with Crippen LogP contribution in [-0.4, -0.2) is 54.8 Å². The highest BCUT2D eigenvalue weighted by Gasteiger charge is 2.37. The Morgan fingerprint density at radius 2 is 1.40 bits per heavy atom. The van der Waals surface area contributed by atoms with Gasteiger partial charge in [0, 0.05) is 31.0 Å². The van der Waals surface area contributed by atoms with E-state index in [1.54, 1.807) is 0 Å². The SMILES string of the molecule is CCN(C(=O)C1CCC(NC(=O)CC2CCC(S(=O)(=O)CC3CC3)CC2)CC1)C1CCC(C)CC1. The summed E-state index contributed by atoms with van der Waals surface area (Å²) in [5.41, 5.74) is 0. The standard InChI is InChI=1S/C28H48N2O4S/c1-3-30(25-14-4-20(2)5-15-25)28(32)23-10-12-24(13-11-23)29-27(31)18-21-8-16-26(17-9-21)35(33,34)19-22-6-7-22/h20-26H,3-19H2,1-2H3,(H,29,31). The molecule has 0 aromatic rings. The summed E-state index contributed by atoms with van der Waals surface area (Å²) in [6.45, 7) is 5.23. The van der Waals surface area contributed by atoms with Crippen LogP contribution < -0.4 is 5.32 Å². The molecular weight excluding hydrogens is 460 g/mol. The van der Waals surface area contributed by atoms with E-state index >= 15 is 0 Å². The van der Waals surface area contributed by atoms with Crippen LogP contribution >= 0.6 is 0 Å². The number of sulfone groups is 1. The van der Waals surface area contributed by atoms with Crippen molar-refractivity contribution in [3.8, 4) is 0 Å². The number of carbonyl (C=O) groups is 2. The molecule has 2 amide bonds. The van der Waals surface area contributed by atoms with Crippen molar-refractivity contribution in [3.63, 3.8) is 0 Å². The number of rotatable bonds is 9. The molecule has 4 aliphatic carbocycles. The smallest absolute Gasteiger partial charge is 0.225 e. The Bertz CT molecular complexity index is 816. The van der Waals surface area contributed by atoms with Gasteiger partial charge in [0.1, 0.15) is 0 Å². The molecule has 0 heterocycles. The number of hydrogen-bond donors (Lipinski definition) is 1. The van der Waals surface area contributed by atoms with E-state index in [1.807, 2.05) is 0 Å². The van der Waals surface area contributed by atoms with E-state index in [2.05, 4.69) is 24.1 Å². The van der Waals surface area contributed by atoms with Gasteiger partial charge in [-0.1, -0.05) is 6.92 Å². The summed E-state index contributed by atoms with van der Waals surface area (Å²) in [6.07, 6.45) is 14.0. The van der Waals surface area contributed by atoms with Crippen molar-refractivity contribution in [1.29, 1.82) is 0 Å². The molecule has 0 atom stereocenters. The molecule has 1 N–H and O–H groups in total. The lowest BCUT2D eigenvalue weighted by Crippen LogP contribution is -2.47. The van der Waals surface area contributed by atoms with Crippen molar-refractivity contribution >= 4 is 21.7 Å². The van der Waals surface area contributed by atoms with Crippen LogP contribution in [0.5, 0.6) is 0 Å². The molecule has 0 radical (unpaired) electrons. The van der Waals surface area contributed by atoms with E-state index in [0.717, 1.165) is 76.7 Å². The minimum absolute atomic E-state index is 0.107. The predicted octanol–water partition coefficient (Wildman–Crippen LogP) is 4.86. The molecule has 4 fully saturated rings. The average Bonchev–Trinajstić information content (AvgIpc) is 3.65. The van der Waals surface area contributed by atoms with Crippen LogP contribution in [-0.2, 0) is 19.4 Å². The lowest BCUT2D eigenvalue weighted by atomic mass is 9.82. The average molecular weight is 509 g/mol. The predicted molar refractivity (Wildman–Crippen MR) is 140 cm³/mol. The highest BCUT2D eigenvalue weighted by Crippen LogP contribution is 2.36. The Balaban J connectivity index is 1.15. The first-order valence-electron chi connectivity index (χ1n) is 14.6. The van der Waals surface area contributed by atoms with Crippen LogP contribution in [0, 0.1) is 23.7 Å². The first-order valence-corrected chi connectivity index (χ1v) is 16.3. The highest BCUT2D eigenvalue weighted by molar-refractivity contribution is 7.92. The summed E-state index contributed by atoms with van der Waals surface area (Å²) in [5.74, 6) is 2.43. The van der Waals surface area contributed by atoms with Gasteiger partial charge in [-0.15, -0.1) is 0 Å². The number of nitrogens with zero attached hydrogens (tertiary/aromatic N) is 1. The van der Waals surface area contributed by atoms with Gasteiger partial charge in [0.05, 0.1) is 11.0 Å². The molecule has 35 heavy (non-hydrogen) atoms. The quantitative estimate of drug-likeness (QED) is 0.482. The third-order valence-corrected chi connectivity index (χ3v) is 11.9. The lowest BCUT2D eigenvalue weighted by molar-refractivity contribution is -0.139. The molecule has 0 aliphatic heterocycles. The van der Waals surface area contributed by atoms with E-state index in [-0.39, 0.29) is 23.1 Å². The van der Waals surface area contributed by atoms with Crippen molar-refractivity contribution in [2.24, 2.45) is 23.7 Å². The zero-order valence-electron chi connectivity index (χ0n) is 22.1. The molecule has 0 aromatic carbocycles. The van der Waals surface area contributed by atoms with Crippen molar-refractivity contribution in [3.05, 3.63) is 0 Å². The minimum Gasteiger partial charge on any atom is -0.353 e. The molecule has 4 saturated carbocycles. The maximum atomic E-state index is 13.3. The van der Waals surface area contributed by atoms with Gasteiger partial charge in [0.25, 0.3) is 0 Å². The third kappa shape index (κ3) is 7.45. The van der Waals surface area contributed by atoms with E-state index < -0.39 is 9.84 Å². The zero-order chi connectivity index (χ0) is 25.0. The summed E-state index contributed by atoms with van der Waals surface area (Å²) in [5, 5.41) is 3.05. The van der Waals surface area contributed by atoms with Gasteiger partial charge >= 0.3 is 0 Å². The molecule has 0 saturated heterocycles. The first-order chi connectivity index (χ1) is 16.7. The van der Waals surface area contributed by atoms with Crippen LogP contribution in [0.15, 0.2) is 0 Å². The van der Waals surface area contributed by atoms with Crippen LogP contribution in [0.4, 0.5) is 0 Å². The molecule has 6 nitrogen and oxygen atoms in total. The van der Waals surface area contributed by atoms with Gasteiger partial charge in [-0.2, -0.15) is 0 Å². The second kappa shape index (κ2) is 12.0. The molecule has 4 rings (SSSR count). The summed E-state index contributed by atoms with van der Waals surface area (Å²) in [6, 6.07) is 0.590. The van der Waals surface area contributed by atoms with E-state index in [1.165, 1.54) is 12.8 Å². The molecule has 4 aliphatic rings. The lowest BCUT2D eigenvalue weighted by Gasteiger charge is -2.39. The molecule has 0 spiro atoms. The fraction of sp³-hybridized carbons (Fsp3) is 0.929. The second-order valence-corrected chi connectivity index (χ2v) is 14.6. The van der Waals surface area contributed by atoms with Crippen LogP contribution in [0.25, 0.3) is 0 Å². The van der Waals surface area contributed by atoms with Crippen molar-refractivity contribution in [1.82, 2.24) is 10.2 Å². The Morgan fingerprint density at radius 1 is 0.800 bits per heavy atom. The zero-order valence-corrected chi connectivity index (χ0v) is 22.9. The molecule has 7 heteroatoms. The van der Waals surface area contributed by atoms with Crippen molar-refractivity contribution < 1.29 is 18.0 Å². The fourth-order valence-corrected chi connectivity index (χ4v) is 9.11. The number of nitrogens with one attached hydrogen (secondary N) is 1. The van der Waals surface area contributed by atoms with Gasteiger partial charge in [-0.05, 0) is 115 Å². The number of carbonyl (C=O) groups excluding carboxylic acids is 2. The van der Waals surface area contributed by atoms with Crippen molar-refractivity contribution in [2.45, 2.75) is 127 Å². The molecule has 0 bridgehead atoms. The van der Waals surface area contributed by atoms with Crippen LogP contribution in [0.3, 0.4) is 0 Å². The van der Waals surface area contributed by atoms with E-state index in [9.17, 15) is 18.0 Å². The fourth-order valence-electron chi connectivity index (χ4n) is 6.86. The second-order valence-electron chi connectivity index (χ2n) is 12.3. The van der Waals surface area contributed by atoms with Gasteiger partial charge in [0.15, 0.2) is 9.84 Å². The first kappa shape index (κ1) is 26.9. The summed E-state index contributed by atoms with van der Waals surface area (Å²) in [7, 11) is -2.96. The van der Waals surface area contributed by atoms with Gasteiger partial charge in [-0.3, -0.25) is 9.59 Å². The van der Waals surface area contributed by atoms with Crippen LogP contribution in [0.1, 0.15) is 110 Å². The monoisotopic (exact) mass is 508 g/mol. The number of hydrogen-bond acceptors (Lipinski definition) is 4. The Kier molecular flexibility index (Phi) is 9.20. The summed E-state index contributed by atoms with van der Waals surface area (Å²) < 4.78 is 25.1. The maximum absolute atomic E-state index is 13.3. The minimum atomic E-state index is -2.96. The molecular formula is C28H48N2O4S. The van der Waals surface area contributed by atoms with Gasteiger partial charge < -0.3 is 10.2 Å². The highest BCUT2D eigenvalue weighted by atomic mass is 32.2. The molecule has 0 aromatic heterocycles.